The van der Waals surface area contributed by atoms with E-state index in [0.29, 0.717) is 36.6 Å². The number of amides is 2. The molecule has 3 rings (SSSR count). The highest BCUT2D eigenvalue weighted by Gasteiger charge is 2.22. The molecule has 0 bridgehead atoms. The van der Waals surface area contributed by atoms with Crippen LogP contribution in [0.15, 0.2) is 29.4 Å². The first kappa shape index (κ1) is 16.4. The number of benzene rings is 1. The minimum Gasteiger partial charge on any atom is -0.491 e. The maximum absolute atomic E-state index is 12.3. The number of hydrogen-bond donors (Lipinski definition) is 1. The van der Waals surface area contributed by atoms with E-state index in [4.69, 9.17) is 9.47 Å². The maximum Gasteiger partial charge on any atom is 0.271 e. The van der Waals surface area contributed by atoms with Gasteiger partial charge in [-0.2, -0.15) is 5.10 Å². The molecule has 2 aliphatic heterocycles. The van der Waals surface area contributed by atoms with Crippen molar-refractivity contribution in [2.45, 2.75) is 31.8 Å². The van der Waals surface area contributed by atoms with Crippen molar-refractivity contribution in [3.63, 3.8) is 0 Å². The van der Waals surface area contributed by atoms with E-state index in [0.717, 1.165) is 19.4 Å². The largest absolute Gasteiger partial charge is 0.491 e. The molecule has 1 N–H and O–H groups in total. The SMILES string of the molecule is CN1N=C(C(=O)Nc2cccc(OCC3CCCO3)c2)CCC1=O. The second kappa shape index (κ2) is 7.44. The van der Waals surface area contributed by atoms with Gasteiger partial charge in [0, 0.05) is 38.2 Å². The fourth-order valence-corrected chi connectivity index (χ4v) is 2.66. The highest BCUT2D eigenvalue weighted by molar-refractivity contribution is 6.43. The molecule has 2 heterocycles. The summed E-state index contributed by atoms with van der Waals surface area (Å²) in [5.74, 6) is 0.294. The third kappa shape index (κ3) is 4.11. The third-order valence-electron chi connectivity index (χ3n) is 4.02. The zero-order valence-electron chi connectivity index (χ0n) is 13.7. The van der Waals surface area contributed by atoms with E-state index in [1.165, 1.54) is 5.01 Å². The van der Waals surface area contributed by atoms with Gasteiger partial charge in [0.15, 0.2) is 0 Å². The number of anilines is 1. The zero-order chi connectivity index (χ0) is 16.9. The van der Waals surface area contributed by atoms with Gasteiger partial charge in [-0.05, 0) is 25.0 Å². The van der Waals surface area contributed by atoms with Crippen LogP contribution in [0.5, 0.6) is 5.75 Å². The molecule has 0 radical (unpaired) electrons. The van der Waals surface area contributed by atoms with E-state index < -0.39 is 0 Å². The Labute approximate surface area is 140 Å². The second-order valence-electron chi connectivity index (χ2n) is 5.89. The summed E-state index contributed by atoms with van der Waals surface area (Å²) < 4.78 is 11.3. The van der Waals surface area contributed by atoms with Gasteiger partial charge in [-0.25, -0.2) is 5.01 Å². The quantitative estimate of drug-likeness (QED) is 0.892. The summed E-state index contributed by atoms with van der Waals surface area (Å²) in [6.07, 6.45) is 2.89. The topological polar surface area (TPSA) is 80.2 Å². The van der Waals surface area contributed by atoms with E-state index in [-0.39, 0.29) is 17.9 Å². The van der Waals surface area contributed by atoms with Gasteiger partial charge in [0.1, 0.15) is 18.1 Å². The molecular weight excluding hydrogens is 310 g/mol. The Balaban J connectivity index is 1.58. The number of carbonyl (C=O) groups excluding carboxylic acids is 2. The molecule has 0 spiro atoms. The summed E-state index contributed by atoms with van der Waals surface area (Å²) in [4.78, 5) is 23.7. The van der Waals surface area contributed by atoms with Gasteiger partial charge >= 0.3 is 0 Å². The fourth-order valence-electron chi connectivity index (χ4n) is 2.66. The summed E-state index contributed by atoms with van der Waals surface area (Å²) >= 11 is 0. The molecule has 7 heteroatoms. The van der Waals surface area contributed by atoms with Crippen molar-refractivity contribution in [2.75, 3.05) is 25.6 Å². The van der Waals surface area contributed by atoms with Crippen LogP contribution < -0.4 is 10.1 Å². The molecular formula is C17H21N3O4. The third-order valence-corrected chi connectivity index (χ3v) is 4.02. The Morgan fingerprint density at radius 1 is 1.46 bits per heavy atom. The average Bonchev–Trinajstić information content (AvgIpc) is 3.09. The van der Waals surface area contributed by atoms with Crippen molar-refractivity contribution < 1.29 is 19.1 Å². The lowest BCUT2D eigenvalue weighted by atomic mass is 10.1. The lowest BCUT2D eigenvalue weighted by molar-refractivity contribution is -0.130. The molecule has 0 aromatic heterocycles. The van der Waals surface area contributed by atoms with Gasteiger partial charge in [-0.3, -0.25) is 9.59 Å². The molecule has 1 saturated heterocycles. The summed E-state index contributed by atoms with van der Waals surface area (Å²) in [7, 11) is 1.55. The summed E-state index contributed by atoms with van der Waals surface area (Å²) in [6.45, 7) is 1.31. The van der Waals surface area contributed by atoms with Gasteiger partial charge in [0.05, 0.1) is 6.10 Å². The Morgan fingerprint density at radius 2 is 2.33 bits per heavy atom. The Hall–Kier alpha value is -2.41. The van der Waals surface area contributed by atoms with Crippen molar-refractivity contribution in [1.29, 1.82) is 0 Å². The average molecular weight is 331 g/mol. The molecule has 2 aliphatic rings. The predicted molar refractivity (Wildman–Crippen MR) is 89.0 cm³/mol. The molecule has 0 saturated carbocycles. The van der Waals surface area contributed by atoms with Gasteiger partial charge in [-0.15, -0.1) is 0 Å². The van der Waals surface area contributed by atoms with E-state index in [9.17, 15) is 9.59 Å². The van der Waals surface area contributed by atoms with Crippen LogP contribution >= 0.6 is 0 Å². The molecule has 1 fully saturated rings. The van der Waals surface area contributed by atoms with Gasteiger partial charge < -0.3 is 14.8 Å². The van der Waals surface area contributed by atoms with E-state index in [1.807, 2.05) is 12.1 Å². The number of hydrazone groups is 1. The molecule has 7 nitrogen and oxygen atoms in total. The first-order valence-corrected chi connectivity index (χ1v) is 8.11. The normalized spacial score (nSPS) is 20.7. The van der Waals surface area contributed by atoms with Crippen molar-refractivity contribution in [3.8, 4) is 5.75 Å². The van der Waals surface area contributed by atoms with Crippen LogP contribution in [0, 0.1) is 0 Å². The molecule has 1 aromatic carbocycles. The van der Waals surface area contributed by atoms with E-state index in [2.05, 4.69) is 10.4 Å². The van der Waals surface area contributed by atoms with Crippen molar-refractivity contribution in [3.05, 3.63) is 24.3 Å². The van der Waals surface area contributed by atoms with Crippen LogP contribution in [0.4, 0.5) is 5.69 Å². The van der Waals surface area contributed by atoms with Crippen LogP contribution in [-0.4, -0.2) is 48.9 Å². The molecule has 1 atom stereocenters. The number of carbonyl (C=O) groups is 2. The maximum atomic E-state index is 12.3. The molecule has 1 unspecified atom stereocenters. The molecule has 2 amide bonds. The minimum atomic E-state index is -0.300. The first-order chi connectivity index (χ1) is 11.6. The monoisotopic (exact) mass is 331 g/mol. The number of nitrogens with one attached hydrogen (secondary N) is 1. The molecule has 0 aliphatic carbocycles. The summed E-state index contributed by atoms with van der Waals surface area (Å²) in [5, 5.41) is 8.02. The van der Waals surface area contributed by atoms with E-state index >= 15 is 0 Å². The van der Waals surface area contributed by atoms with Crippen LogP contribution in [-0.2, 0) is 14.3 Å². The summed E-state index contributed by atoms with van der Waals surface area (Å²) in [6, 6.07) is 7.22. The number of hydrogen-bond acceptors (Lipinski definition) is 5. The minimum absolute atomic E-state index is 0.0870. The highest BCUT2D eigenvalue weighted by atomic mass is 16.5. The van der Waals surface area contributed by atoms with Crippen molar-refractivity contribution in [2.24, 2.45) is 5.10 Å². The van der Waals surface area contributed by atoms with Gasteiger partial charge in [0.2, 0.25) is 5.91 Å². The zero-order valence-corrected chi connectivity index (χ0v) is 13.7. The lowest BCUT2D eigenvalue weighted by Crippen LogP contribution is -2.34. The smallest absolute Gasteiger partial charge is 0.271 e. The number of rotatable bonds is 5. The summed E-state index contributed by atoms with van der Waals surface area (Å²) in [5.41, 5.74) is 0.981. The Kier molecular flexibility index (Phi) is 5.10. The number of nitrogens with zero attached hydrogens (tertiary/aromatic N) is 2. The van der Waals surface area contributed by atoms with Crippen LogP contribution in [0.2, 0.25) is 0 Å². The van der Waals surface area contributed by atoms with Gasteiger partial charge in [0.25, 0.3) is 5.91 Å². The van der Waals surface area contributed by atoms with Crippen molar-refractivity contribution in [1.82, 2.24) is 5.01 Å². The molecule has 128 valence electrons. The van der Waals surface area contributed by atoms with E-state index in [1.54, 1.807) is 19.2 Å². The Bertz CT molecular complexity index is 653. The van der Waals surface area contributed by atoms with Crippen LogP contribution in [0.1, 0.15) is 25.7 Å². The first-order valence-electron chi connectivity index (χ1n) is 8.11. The Morgan fingerprint density at radius 3 is 3.08 bits per heavy atom. The van der Waals surface area contributed by atoms with Crippen molar-refractivity contribution >= 4 is 23.2 Å². The highest BCUT2D eigenvalue weighted by Crippen LogP contribution is 2.20. The lowest BCUT2D eigenvalue weighted by Gasteiger charge is -2.19. The molecule has 24 heavy (non-hydrogen) atoms. The van der Waals surface area contributed by atoms with Gasteiger partial charge in [-0.1, -0.05) is 6.07 Å². The predicted octanol–water partition coefficient (Wildman–Crippen LogP) is 1.79. The number of ether oxygens (including phenoxy) is 2. The standard InChI is InChI=1S/C17H21N3O4/c1-20-16(21)8-7-15(19-20)17(22)18-12-4-2-5-13(10-12)24-11-14-6-3-9-23-14/h2,4-5,10,14H,3,6-9,11H2,1H3,(H,18,22). The fraction of sp³-hybridized carbons (Fsp3) is 0.471. The van der Waals surface area contributed by atoms with Crippen LogP contribution in [0.3, 0.4) is 0 Å². The van der Waals surface area contributed by atoms with Crippen LogP contribution in [0.25, 0.3) is 0 Å². The second-order valence-corrected chi connectivity index (χ2v) is 5.89. The molecule has 1 aromatic rings.